The van der Waals surface area contributed by atoms with Gasteiger partial charge in [-0.1, -0.05) is 6.07 Å². The zero-order valence-corrected chi connectivity index (χ0v) is 16.9. The summed E-state index contributed by atoms with van der Waals surface area (Å²) in [6.45, 7) is 0.452. The lowest BCUT2D eigenvalue weighted by atomic mass is 10.1. The van der Waals surface area contributed by atoms with Crippen LogP contribution in [0.2, 0.25) is 0 Å². The van der Waals surface area contributed by atoms with Gasteiger partial charge in [-0.25, -0.2) is 0 Å². The minimum absolute atomic E-state index is 0.00174. The second-order valence-electron chi connectivity index (χ2n) is 7.23. The van der Waals surface area contributed by atoms with Crippen molar-refractivity contribution in [1.29, 1.82) is 0 Å². The molecule has 1 fully saturated rings. The number of hydrogen-bond acceptors (Lipinski definition) is 4. The average molecular weight is 425 g/mol. The van der Waals surface area contributed by atoms with Gasteiger partial charge in [0, 0.05) is 25.2 Å². The van der Waals surface area contributed by atoms with E-state index in [4.69, 9.17) is 0 Å². The number of alkyl halides is 3. The van der Waals surface area contributed by atoms with Crippen LogP contribution in [-0.4, -0.2) is 43.9 Å². The van der Waals surface area contributed by atoms with Crippen molar-refractivity contribution in [3.8, 4) is 0 Å². The molecule has 1 aliphatic heterocycles. The predicted molar refractivity (Wildman–Crippen MR) is 106 cm³/mol. The third-order valence-corrected chi connectivity index (χ3v) is 5.70. The first-order valence-corrected chi connectivity index (χ1v) is 10.0. The number of likely N-dealkylation sites (N-methyl/N-ethyl adjacent to an activating group) is 1. The lowest BCUT2D eigenvalue weighted by molar-refractivity contribution is -0.137. The van der Waals surface area contributed by atoms with Crippen molar-refractivity contribution >= 4 is 28.8 Å². The molecule has 0 spiro atoms. The summed E-state index contributed by atoms with van der Waals surface area (Å²) in [6, 6.07) is 6.61. The van der Waals surface area contributed by atoms with Crippen LogP contribution in [0.25, 0.3) is 0 Å². The molecule has 1 saturated heterocycles. The third-order valence-electron chi connectivity index (χ3n) is 5.00. The van der Waals surface area contributed by atoms with Crippen LogP contribution >= 0.6 is 11.3 Å². The Morgan fingerprint density at radius 3 is 2.72 bits per heavy atom. The van der Waals surface area contributed by atoms with Gasteiger partial charge in [-0.15, -0.1) is 0 Å². The summed E-state index contributed by atoms with van der Waals surface area (Å²) < 4.78 is 38.8. The van der Waals surface area contributed by atoms with Gasteiger partial charge in [0.15, 0.2) is 0 Å². The molecule has 1 aromatic heterocycles. The molecule has 9 heteroatoms. The predicted octanol–water partition coefficient (Wildman–Crippen LogP) is 3.54. The maximum Gasteiger partial charge on any atom is 0.416 e. The molecule has 0 aliphatic carbocycles. The molecule has 156 valence electrons. The normalized spacial score (nSPS) is 18.3. The molecule has 0 bridgehead atoms. The Bertz CT molecular complexity index is 868. The largest absolute Gasteiger partial charge is 0.416 e. The second-order valence-corrected chi connectivity index (χ2v) is 8.01. The number of rotatable bonds is 6. The highest BCUT2D eigenvalue weighted by atomic mass is 32.1. The fraction of sp³-hybridized carbons (Fsp3) is 0.400. The van der Waals surface area contributed by atoms with Gasteiger partial charge < -0.3 is 15.1 Å². The molecule has 1 aliphatic rings. The molecule has 2 heterocycles. The quantitative estimate of drug-likeness (QED) is 0.770. The Balaban J connectivity index is 1.65. The number of halogens is 3. The number of benzene rings is 1. The van der Waals surface area contributed by atoms with E-state index in [9.17, 15) is 22.8 Å². The molecule has 0 saturated carbocycles. The minimum atomic E-state index is -4.49. The number of amides is 2. The molecule has 2 aromatic rings. The number of hydrogen-bond donors (Lipinski definition) is 1. The number of carbonyl (C=O) groups excluding carboxylic acids is 2. The Kier molecular flexibility index (Phi) is 6.28. The van der Waals surface area contributed by atoms with Crippen molar-refractivity contribution in [1.82, 2.24) is 10.2 Å². The van der Waals surface area contributed by atoms with E-state index in [1.54, 1.807) is 11.3 Å². The van der Waals surface area contributed by atoms with E-state index in [-0.39, 0.29) is 36.5 Å². The van der Waals surface area contributed by atoms with Crippen LogP contribution in [0.4, 0.5) is 18.9 Å². The standard InChI is InChI=1S/C20H22F3N3O2S/c1-25(2)17(13-6-7-29-12-13)10-24-19(28)14-8-18(27)26(11-14)16-5-3-4-15(9-16)20(21,22)23/h3-7,9,12,14,17H,8,10-11H2,1-2H3,(H,24,28). The molecule has 1 N–H and O–H groups in total. The second kappa shape index (κ2) is 8.54. The number of thiophene rings is 1. The summed E-state index contributed by atoms with van der Waals surface area (Å²) in [7, 11) is 3.84. The summed E-state index contributed by atoms with van der Waals surface area (Å²) in [5.74, 6) is -1.22. The molecule has 29 heavy (non-hydrogen) atoms. The maximum absolute atomic E-state index is 12.9. The topological polar surface area (TPSA) is 52.7 Å². The summed E-state index contributed by atoms with van der Waals surface area (Å²) >= 11 is 1.58. The van der Waals surface area contributed by atoms with Crippen molar-refractivity contribution in [3.05, 3.63) is 52.2 Å². The molecule has 2 amide bonds. The van der Waals surface area contributed by atoms with E-state index >= 15 is 0 Å². The fourth-order valence-electron chi connectivity index (χ4n) is 3.39. The highest BCUT2D eigenvalue weighted by Gasteiger charge is 2.37. The van der Waals surface area contributed by atoms with Crippen molar-refractivity contribution in [3.63, 3.8) is 0 Å². The van der Waals surface area contributed by atoms with Crippen LogP contribution in [0, 0.1) is 5.92 Å². The van der Waals surface area contributed by atoms with Gasteiger partial charge >= 0.3 is 6.18 Å². The first-order chi connectivity index (χ1) is 13.7. The molecular formula is C20H22F3N3O2S. The van der Waals surface area contributed by atoms with Crippen LogP contribution in [0.5, 0.6) is 0 Å². The first kappa shape index (κ1) is 21.3. The number of anilines is 1. The molecule has 5 nitrogen and oxygen atoms in total. The highest BCUT2D eigenvalue weighted by Crippen LogP contribution is 2.33. The van der Waals surface area contributed by atoms with Crippen LogP contribution in [0.1, 0.15) is 23.6 Å². The van der Waals surface area contributed by atoms with Gasteiger partial charge in [0.25, 0.3) is 0 Å². The van der Waals surface area contributed by atoms with Crippen LogP contribution in [0.15, 0.2) is 41.1 Å². The Hall–Kier alpha value is -2.39. The van der Waals surface area contributed by atoms with Gasteiger partial charge in [0.1, 0.15) is 0 Å². The Labute approximate surface area is 171 Å². The van der Waals surface area contributed by atoms with E-state index < -0.39 is 17.7 Å². The zero-order valence-electron chi connectivity index (χ0n) is 16.1. The zero-order chi connectivity index (χ0) is 21.2. The van der Waals surface area contributed by atoms with Crippen LogP contribution in [-0.2, 0) is 15.8 Å². The molecule has 1 aromatic carbocycles. The summed E-state index contributed by atoms with van der Waals surface area (Å²) in [5, 5.41) is 6.88. The smallest absolute Gasteiger partial charge is 0.354 e. The fourth-order valence-corrected chi connectivity index (χ4v) is 4.09. The minimum Gasteiger partial charge on any atom is -0.354 e. The number of nitrogens with zero attached hydrogens (tertiary/aromatic N) is 2. The van der Waals surface area contributed by atoms with Gasteiger partial charge in [-0.2, -0.15) is 24.5 Å². The van der Waals surface area contributed by atoms with Crippen molar-refractivity contribution in [2.24, 2.45) is 5.92 Å². The van der Waals surface area contributed by atoms with Crippen LogP contribution in [0.3, 0.4) is 0 Å². The van der Waals surface area contributed by atoms with E-state index in [1.807, 2.05) is 35.8 Å². The SMILES string of the molecule is CN(C)C(CNC(=O)C1CC(=O)N(c2cccc(C(F)(F)F)c2)C1)c1ccsc1. The van der Waals surface area contributed by atoms with Gasteiger partial charge in [-0.05, 0) is 54.7 Å². The molecular weight excluding hydrogens is 403 g/mol. The molecule has 2 unspecified atom stereocenters. The lowest BCUT2D eigenvalue weighted by Crippen LogP contribution is -2.38. The Morgan fingerprint density at radius 1 is 1.34 bits per heavy atom. The molecule has 0 radical (unpaired) electrons. The van der Waals surface area contributed by atoms with E-state index in [2.05, 4.69) is 5.32 Å². The van der Waals surface area contributed by atoms with Gasteiger partial charge in [0.05, 0.1) is 17.5 Å². The summed E-state index contributed by atoms with van der Waals surface area (Å²) in [5.41, 5.74) is 0.429. The van der Waals surface area contributed by atoms with Crippen molar-refractivity contribution in [2.45, 2.75) is 18.6 Å². The molecule has 2 atom stereocenters. The highest BCUT2D eigenvalue weighted by molar-refractivity contribution is 7.07. The first-order valence-electron chi connectivity index (χ1n) is 9.10. The van der Waals surface area contributed by atoms with E-state index in [0.717, 1.165) is 17.7 Å². The van der Waals surface area contributed by atoms with E-state index in [0.29, 0.717) is 6.54 Å². The molecule has 3 rings (SSSR count). The van der Waals surface area contributed by atoms with Crippen molar-refractivity contribution < 1.29 is 22.8 Å². The number of carbonyl (C=O) groups is 2. The monoisotopic (exact) mass is 425 g/mol. The third kappa shape index (κ3) is 4.97. The Morgan fingerprint density at radius 2 is 2.10 bits per heavy atom. The van der Waals surface area contributed by atoms with E-state index in [1.165, 1.54) is 17.0 Å². The van der Waals surface area contributed by atoms with Crippen molar-refractivity contribution in [2.75, 3.05) is 32.1 Å². The van der Waals surface area contributed by atoms with Gasteiger partial charge in [0.2, 0.25) is 11.8 Å². The maximum atomic E-state index is 12.9. The number of nitrogens with one attached hydrogen (secondary N) is 1. The van der Waals surface area contributed by atoms with Crippen LogP contribution < -0.4 is 10.2 Å². The average Bonchev–Trinajstić information content (AvgIpc) is 3.31. The van der Waals surface area contributed by atoms with Gasteiger partial charge in [-0.3, -0.25) is 9.59 Å². The summed E-state index contributed by atoms with van der Waals surface area (Å²) in [6.07, 6.45) is -4.51. The lowest BCUT2D eigenvalue weighted by Gasteiger charge is -2.24. The summed E-state index contributed by atoms with van der Waals surface area (Å²) in [4.78, 5) is 28.2.